The van der Waals surface area contributed by atoms with Crippen LogP contribution in [0, 0.1) is 49.3 Å². The number of allylic oxidation sites excluding steroid dienone is 4. The first-order valence-electron chi connectivity index (χ1n) is 28.2. The molecular weight excluding hydrogens is 1060 g/mol. The molecule has 0 unspecified atom stereocenters. The highest BCUT2D eigenvalue weighted by Crippen LogP contribution is 2.50. The molecule has 2 aliphatic carbocycles. The molecule has 0 spiro atoms. The third-order valence-electron chi connectivity index (χ3n) is 17.8. The van der Waals surface area contributed by atoms with Crippen molar-refractivity contribution >= 4 is 46.4 Å². The number of carboxylic acids is 1. The maximum absolute atomic E-state index is 16.1. The number of Topliss-reactive ketones (excluding diaryl/α,β-unsaturated/α-hetero) is 3. The number of pyridine rings is 2. The minimum absolute atomic E-state index is 0.0297. The van der Waals surface area contributed by atoms with Crippen molar-refractivity contribution in [3.8, 4) is 11.5 Å². The van der Waals surface area contributed by atoms with Gasteiger partial charge in [-0.05, 0) is 94.5 Å². The summed E-state index contributed by atoms with van der Waals surface area (Å²) in [7, 11) is 1.42. The van der Waals surface area contributed by atoms with E-state index in [1.165, 1.54) is 59.3 Å². The number of benzene rings is 1. The first-order chi connectivity index (χ1) is 38.8. The quantitative estimate of drug-likeness (QED) is 0.131. The van der Waals surface area contributed by atoms with Crippen molar-refractivity contribution in [3.05, 3.63) is 115 Å². The summed E-state index contributed by atoms with van der Waals surface area (Å²) in [5.74, 6) is -11.4. The Labute approximate surface area is 474 Å². The van der Waals surface area contributed by atoms with Crippen LogP contribution in [0.5, 0.6) is 11.5 Å². The molecular formula is C61H74FN5O15. The van der Waals surface area contributed by atoms with Crippen molar-refractivity contribution in [2.75, 3.05) is 44.7 Å². The molecule has 20 nitrogen and oxygen atoms in total. The standard InChI is InChI=1S/C61H74FN5O15/c1-28-12-11-13-29(2)58(75)64-46-49(65-20-16-36(17-21-65)25-63-38-18-22-66(26-38)48-31(4)47-39(37-14-15-37)24-40(60(77)78)59(76)67(47)27-41(48)62)54(73)43-44(53(46)72)52(71)34(7)56-45(43)57(74)61(9,82-56)80-23-19-42(79-10)30(3)55(81-35(8)68)33(6)51(70)32(5)50(28)69/h11-13,19,23-24,27-28,30,32-33,36-38,42,50-51,55,63,69-71H,14-18,20-22,25-26H2,1-10H3,(H,64,75)(H,77,78)/b12-11+,23-19+,29-13-/t28-,30+,32+,33+,38-,42-,50-,51+,55+,61-/m0/s1. The van der Waals surface area contributed by atoms with Crippen LogP contribution in [-0.4, -0.2) is 141 Å². The summed E-state index contributed by atoms with van der Waals surface area (Å²) in [5, 5.41) is 51.1. The molecule has 1 aromatic carbocycles. The third-order valence-corrected chi connectivity index (χ3v) is 17.8. The van der Waals surface area contributed by atoms with E-state index in [0.29, 0.717) is 55.7 Å². The molecule has 10 atom stereocenters. The molecule has 2 aromatic heterocycles. The number of carbonyl (C=O) groups excluding carboxylic acids is 5. The molecule has 440 valence electrons. The zero-order valence-electron chi connectivity index (χ0n) is 48.0. The predicted molar refractivity (Wildman–Crippen MR) is 298 cm³/mol. The average molecular weight is 1140 g/mol. The van der Waals surface area contributed by atoms with Gasteiger partial charge in [-0.2, -0.15) is 0 Å². The number of rotatable bonds is 9. The maximum atomic E-state index is 16.1. The monoisotopic (exact) mass is 1140 g/mol. The molecule has 3 fully saturated rings. The molecule has 7 heterocycles. The zero-order valence-corrected chi connectivity index (χ0v) is 48.0. The fourth-order valence-corrected chi connectivity index (χ4v) is 12.7. The molecule has 6 N–H and O–H groups in total. The van der Waals surface area contributed by atoms with E-state index in [9.17, 15) is 44.4 Å². The smallest absolute Gasteiger partial charge is 0.341 e. The van der Waals surface area contributed by atoms with Gasteiger partial charge < -0.3 is 59.8 Å². The Kier molecular flexibility index (Phi) is 16.8. The summed E-state index contributed by atoms with van der Waals surface area (Å²) in [6.07, 6.45) is 7.78. The fraction of sp³-hybridized carbons (Fsp3) is 0.525. The maximum Gasteiger partial charge on any atom is 0.341 e. The minimum Gasteiger partial charge on any atom is -0.507 e. The molecule has 3 aromatic rings. The normalized spacial score (nSPS) is 30.0. The number of methoxy groups -OCH3 is 1. The SMILES string of the molecule is CO[C@H]1/C=C/O[C@@]2(C)Oc3c(C)c(O)c4c(c3C2=O)C(=O)C(N2CCC(CN[C@H]3CCN(c5c(F)cn6c(=O)c(C(=O)O)cc(C7CC7)c6c5C)C3)CC2)=C(NC(=O)/C(C)=C\C=C\[C@H](C)[C@H](O)[C@@H](C)[C@@H](O)[C@@H](C)[C@H](OC(C)=O)[C@@H]1C)C4=O. The van der Waals surface area contributed by atoms with E-state index in [0.717, 1.165) is 29.0 Å². The Hall–Kier alpha value is -7.20. The van der Waals surface area contributed by atoms with Crippen LogP contribution in [0.25, 0.3) is 5.52 Å². The number of carboxylic acid groups (broad SMARTS) is 1. The number of fused-ring (bicyclic) bond motifs is 15. The molecule has 1 saturated carbocycles. The number of ketones is 3. The number of ether oxygens (including phenoxy) is 4. The lowest BCUT2D eigenvalue weighted by Gasteiger charge is -2.38. The van der Waals surface area contributed by atoms with Crippen molar-refractivity contribution in [3.63, 3.8) is 0 Å². The van der Waals surface area contributed by atoms with E-state index >= 15 is 14.0 Å². The van der Waals surface area contributed by atoms with E-state index < -0.39 is 123 Å². The highest BCUT2D eigenvalue weighted by atomic mass is 19.1. The van der Waals surface area contributed by atoms with Gasteiger partial charge >= 0.3 is 17.7 Å². The number of amides is 1. The summed E-state index contributed by atoms with van der Waals surface area (Å²) in [5.41, 5.74) is -0.643. The number of aromatic hydroxyl groups is 1. The molecule has 82 heavy (non-hydrogen) atoms. The van der Waals surface area contributed by atoms with Gasteiger partial charge in [-0.25, -0.2) is 9.18 Å². The van der Waals surface area contributed by atoms with Gasteiger partial charge in [0.05, 0.1) is 58.7 Å². The lowest BCUT2D eigenvalue weighted by molar-refractivity contribution is -0.160. The van der Waals surface area contributed by atoms with Crippen LogP contribution >= 0.6 is 0 Å². The summed E-state index contributed by atoms with van der Waals surface area (Å²) in [4.78, 5) is 101. The van der Waals surface area contributed by atoms with E-state index in [1.807, 2.05) is 4.90 Å². The number of aromatic nitrogens is 1. The summed E-state index contributed by atoms with van der Waals surface area (Å²) >= 11 is 0. The van der Waals surface area contributed by atoms with Crippen molar-refractivity contribution < 1.29 is 72.5 Å². The van der Waals surface area contributed by atoms with E-state index in [-0.39, 0.29) is 64.8 Å². The summed E-state index contributed by atoms with van der Waals surface area (Å²) in [6.45, 7) is 16.2. The second-order valence-corrected chi connectivity index (χ2v) is 23.4. The number of aliphatic hydroxyl groups is 2. The number of esters is 1. The third kappa shape index (κ3) is 10.9. The number of phenols is 1. The van der Waals surface area contributed by atoms with Crippen LogP contribution in [0.1, 0.15) is 145 Å². The molecule has 10 rings (SSSR count). The minimum atomic E-state index is -2.14. The first kappa shape index (κ1) is 59.4. The van der Waals surface area contributed by atoms with Crippen molar-refractivity contribution in [1.82, 2.24) is 19.9 Å². The average Bonchev–Trinajstić information content (AvgIpc) is 1.70. The van der Waals surface area contributed by atoms with Gasteiger partial charge in [0.25, 0.3) is 17.2 Å². The fourth-order valence-electron chi connectivity index (χ4n) is 12.7. The molecule has 2 saturated heterocycles. The van der Waals surface area contributed by atoms with Gasteiger partial charge in [0.15, 0.2) is 5.82 Å². The van der Waals surface area contributed by atoms with Gasteiger partial charge in [-0.15, -0.1) is 0 Å². The van der Waals surface area contributed by atoms with E-state index in [1.54, 1.807) is 51.7 Å². The van der Waals surface area contributed by atoms with E-state index in [2.05, 4.69) is 10.6 Å². The number of carbonyl (C=O) groups is 6. The van der Waals surface area contributed by atoms with Crippen LogP contribution in [-0.2, 0) is 23.8 Å². The van der Waals surface area contributed by atoms with Gasteiger partial charge in [-0.3, -0.25) is 33.2 Å². The molecule has 21 heteroatoms. The number of nitrogens with zero attached hydrogens (tertiary/aromatic N) is 3. The number of piperidine rings is 1. The number of aromatic carboxylic acids is 1. The Bertz CT molecular complexity index is 3330. The van der Waals surface area contributed by atoms with Crippen LogP contribution in [0.2, 0.25) is 0 Å². The van der Waals surface area contributed by atoms with Gasteiger partial charge in [0.2, 0.25) is 11.6 Å². The zero-order chi connectivity index (χ0) is 59.5. The number of nitrogens with one attached hydrogen (secondary N) is 2. The Balaban J connectivity index is 0.989. The molecule has 5 bridgehead atoms. The topological polar surface area (TPSA) is 272 Å². The number of likely N-dealkylation sites (tertiary alicyclic amines) is 1. The highest BCUT2D eigenvalue weighted by Gasteiger charge is 2.53. The predicted octanol–water partition coefficient (Wildman–Crippen LogP) is 6.17. The summed E-state index contributed by atoms with van der Waals surface area (Å²) < 4.78 is 41.1. The Morgan fingerprint density at radius 1 is 0.878 bits per heavy atom. The summed E-state index contributed by atoms with van der Waals surface area (Å²) in [6, 6.07) is 1.40. The molecule has 1 amide bonds. The Morgan fingerprint density at radius 3 is 2.21 bits per heavy atom. The number of aliphatic hydroxyl groups excluding tert-OH is 2. The van der Waals surface area contributed by atoms with Gasteiger partial charge in [0, 0.05) is 88.0 Å². The van der Waals surface area contributed by atoms with Gasteiger partial charge in [-0.1, -0.05) is 45.9 Å². The number of aryl methyl sites for hydroxylation is 1. The van der Waals surface area contributed by atoms with Gasteiger partial charge in [0.1, 0.15) is 34.6 Å². The van der Waals surface area contributed by atoms with Crippen LogP contribution in [0.3, 0.4) is 0 Å². The lowest BCUT2D eigenvalue weighted by Crippen LogP contribution is -2.46. The largest absolute Gasteiger partial charge is 0.507 e. The second-order valence-electron chi connectivity index (χ2n) is 23.4. The lowest BCUT2D eigenvalue weighted by atomic mass is 9.78. The van der Waals surface area contributed by atoms with Crippen molar-refractivity contribution in [2.24, 2.45) is 29.6 Å². The second kappa shape index (κ2) is 23.2. The molecule has 5 aliphatic heterocycles. The van der Waals surface area contributed by atoms with Crippen molar-refractivity contribution in [1.29, 1.82) is 0 Å². The van der Waals surface area contributed by atoms with Crippen molar-refractivity contribution in [2.45, 2.75) is 137 Å². The number of hydrogen-bond acceptors (Lipinski definition) is 17. The number of anilines is 1. The highest BCUT2D eigenvalue weighted by molar-refractivity contribution is 6.32. The number of phenolic OH excluding ortho intramolecular Hbond substituents is 1. The molecule has 0 radical (unpaired) electrons. The Morgan fingerprint density at radius 2 is 1.56 bits per heavy atom. The van der Waals surface area contributed by atoms with Crippen LogP contribution in [0.15, 0.2) is 64.6 Å². The molecule has 7 aliphatic rings. The number of hydrogen-bond donors (Lipinski definition) is 6. The first-order valence-corrected chi connectivity index (χ1v) is 28.2. The van der Waals surface area contributed by atoms with Crippen LogP contribution < -0.4 is 25.8 Å². The van der Waals surface area contributed by atoms with E-state index in [4.69, 9.17) is 18.9 Å². The number of halogens is 1. The van der Waals surface area contributed by atoms with Crippen LogP contribution in [0.4, 0.5) is 10.1 Å².